The third-order valence-electron chi connectivity index (χ3n) is 4.66. The molecule has 1 aliphatic carbocycles. The highest BCUT2D eigenvalue weighted by Crippen LogP contribution is 2.39. The molecule has 1 aromatic rings. The summed E-state index contributed by atoms with van der Waals surface area (Å²) in [5.41, 5.74) is 1.40. The van der Waals surface area contributed by atoms with Gasteiger partial charge in [-0.25, -0.2) is 0 Å². The van der Waals surface area contributed by atoms with Gasteiger partial charge in [-0.2, -0.15) is 0 Å². The Morgan fingerprint density at radius 1 is 1.21 bits per heavy atom. The molecule has 19 heavy (non-hydrogen) atoms. The highest BCUT2D eigenvalue weighted by atomic mass is 16.6. The van der Waals surface area contributed by atoms with E-state index in [9.17, 15) is 0 Å². The molecular weight excluding hydrogens is 236 g/mol. The maximum atomic E-state index is 5.93. The molecule has 1 saturated heterocycles. The monoisotopic (exact) mass is 260 g/mol. The first-order valence-corrected chi connectivity index (χ1v) is 7.64. The Balaban J connectivity index is 1.49. The number of rotatable bonds is 5. The smallest absolute Gasteiger partial charge is 0.119 e. The van der Waals surface area contributed by atoms with Crippen LogP contribution in [0, 0.1) is 5.92 Å². The second kappa shape index (κ2) is 5.54. The van der Waals surface area contributed by atoms with Gasteiger partial charge in [0.25, 0.3) is 0 Å². The second-order valence-electron chi connectivity index (χ2n) is 6.08. The molecule has 2 fully saturated rings. The van der Waals surface area contributed by atoms with Gasteiger partial charge in [-0.1, -0.05) is 26.0 Å². The lowest BCUT2D eigenvalue weighted by Crippen LogP contribution is -2.19. The molecule has 3 rings (SSSR count). The van der Waals surface area contributed by atoms with Crippen molar-refractivity contribution in [1.82, 2.24) is 0 Å². The van der Waals surface area contributed by atoms with Crippen molar-refractivity contribution in [2.45, 2.75) is 57.7 Å². The third kappa shape index (κ3) is 3.11. The highest BCUT2D eigenvalue weighted by Gasteiger charge is 2.43. The minimum Gasteiger partial charge on any atom is -0.493 e. The molecule has 0 bridgehead atoms. The van der Waals surface area contributed by atoms with Crippen LogP contribution in [0.4, 0.5) is 0 Å². The number of epoxide rings is 1. The Labute approximate surface area is 116 Å². The maximum absolute atomic E-state index is 5.93. The summed E-state index contributed by atoms with van der Waals surface area (Å²) < 4.78 is 11.5. The zero-order valence-corrected chi connectivity index (χ0v) is 12.0. The molecule has 2 nitrogen and oxygen atoms in total. The van der Waals surface area contributed by atoms with Crippen molar-refractivity contribution < 1.29 is 9.47 Å². The molecular formula is C17H24O2. The van der Waals surface area contributed by atoms with Gasteiger partial charge < -0.3 is 9.47 Å². The molecule has 2 heteroatoms. The predicted molar refractivity (Wildman–Crippen MR) is 76.6 cm³/mol. The largest absolute Gasteiger partial charge is 0.493 e. The van der Waals surface area contributed by atoms with Gasteiger partial charge >= 0.3 is 0 Å². The van der Waals surface area contributed by atoms with Gasteiger partial charge in [0.2, 0.25) is 0 Å². The summed E-state index contributed by atoms with van der Waals surface area (Å²) >= 11 is 0. The van der Waals surface area contributed by atoms with Gasteiger partial charge in [0.05, 0.1) is 18.8 Å². The van der Waals surface area contributed by atoms with Gasteiger partial charge in [0.15, 0.2) is 0 Å². The summed E-state index contributed by atoms with van der Waals surface area (Å²) in [5.74, 6) is 2.32. The third-order valence-corrected chi connectivity index (χ3v) is 4.66. The zero-order valence-electron chi connectivity index (χ0n) is 12.0. The predicted octanol–water partition coefficient (Wildman–Crippen LogP) is 4.15. The molecule has 104 valence electrons. The first kappa shape index (κ1) is 13.0. The van der Waals surface area contributed by atoms with Gasteiger partial charge in [-0.3, -0.25) is 0 Å². The van der Waals surface area contributed by atoms with Crippen LogP contribution in [0.25, 0.3) is 0 Å². The molecule has 0 radical (unpaired) electrons. The Kier molecular flexibility index (Phi) is 3.79. The average molecular weight is 260 g/mol. The van der Waals surface area contributed by atoms with E-state index >= 15 is 0 Å². The highest BCUT2D eigenvalue weighted by molar-refractivity contribution is 5.29. The fraction of sp³-hybridized carbons (Fsp3) is 0.647. The first-order chi connectivity index (χ1) is 9.26. The van der Waals surface area contributed by atoms with Crippen LogP contribution in [0.5, 0.6) is 5.75 Å². The van der Waals surface area contributed by atoms with Crippen LogP contribution in [0.3, 0.4) is 0 Å². The van der Waals surface area contributed by atoms with Crippen molar-refractivity contribution in [3.8, 4) is 5.75 Å². The maximum Gasteiger partial charge on any atom is 0.119 e. The Hall–Kier alpha value is -1.02. The van der Waals surface area contributed by atoms with Gasteiger partial charge in [-0.05, 0) is 55.2 Å². The van der Waals surface area contributed by atoms with E-state index in [-0.39, 0.29) is 0 Å². The van der Waals surface area contributed by atoms with Crippen LogP contribution >= 0.6 is 0 Å². The van der Waals surface area contributed by atoms with E-state index in [0.717, 1.165) is 12.4 Å². The summed E-state index contributed by atoms with van der Waals surface area (Å²) in [7, 11) is 0. The van der Waals surface area contributed by atoms with Gasteiger partial charge in [-0.15, -0.1) is 0 Å². The molecule has 1 heterocycles. The molecule has 1 saturated carbocycles. The van der Waals surface area contributed by atoms with Crippen LogP contribution in [0.1, 0.15) is 51.0 Å². The molecule has 2 aliphatic rings. The van der Waals surface area contributed by atoms with Crippen LogP contribution in [-0.2, 0) is 4.74 Å². The van der Waals surface area contributed by atoms with E-state index in [4.69, 9.17) is 9.47 Å². The molecule has 1 aliphatic heterocycles. The quantitative estimate of drug-likeness (QED) is 0.742. The Bertz CT molecular complexity index is 412. The Morgan fingerprint density at radius 3 is 2.68 bits per heavy atom. The molecule has 0 aromatic heterocycles. The lowest BCUT2D eigenvalue weighted by atomic mass is 9.90. The average Bonchev–Trinajstić information content (AvgIpc) is 3.23. The standard InChI is InChI=1S/C17H24O2/c1-3-12(2)14-5-7-15(8-6-14)18-11-13-4-9-16-17(10-13)19-16/h5-8,12-13,16-17H,3-4,9-11H2,1-2H3. The lowest BCUT2D eigenvalue weighted by molar-refractivity contribution is 0.217. The van der Waals surface area contributed by atoms with Crippen molar-refractivity contribution in [2.24, 2.45) is 5.92 Å². The summed E-state index contributed by atoms with van der Waals surface area (Å²) in [5, 5.41) is 0. The van der Waals surface area contributed by atoms with Crippen molar-refractivity contribution in [3.63, 3.8) is 0 Å². The Morgan fingerprint density at radius 2 is 2.00 bits per heavy atom. The summed E-state index contributed by atoms with van der Waals surface area (Å²) in [6.45, 7) is 5.34. The van der Waals surface area contributed by atoms with Crippen LogP contribution < -0.4 is 4.74 Å². The number of hydrogen-bond acceptors (Lipinski definition) is 2. The fourth-order valence-electron chi connectivity index (χ4n) is 2.98. The van der Waals surface area contributed by atoms with E-state index in [1.54, 1.807) is 0 Å². The van der Waals surface area contributed by atoms with Crippen molar-refractivity contribution in [1.29, 1.82) is 0 Å². The molecule has 1 aromatic carbocycles. The van der Waals surface area contributed by atoms with Crippen LogP contribution in [0.15, 0.2) is 24.3 Å². The number of fused-ring (bicyclic) bond motifs is 1. The van der Waals surface area contributed by atoms with Crippen LogP contribution in [-0.4, -0.2) is 18.8 Å². The molecule has 4 atom stereocenters. The summed E-state index contributed by atoms with van der Waals surface area (Å²) in [6.07, 6.45) is 6.00. The van der Waals surface area contributed by atoms with E-state index < -0.39 is 0 Å². The van der Waals surface area contributed by atoms with Crippen LogP contribution in [0.2, 0.25) is 0 Å². The number of ether oxygens (including phenoxy) is 2. The minimum absolute atomic E-state index is 0.551. The minimum atomic E-state index is 0.551. The van der Waals surface area contributed by atoms with E-state index in [1.807, 2.05) is 0 Å². The van der Waals surface area contributed by atoms with Crippen molar-refractivity contribution in [2.75, 3.05) is 6.61 Å². The molecule has 4 unspecified atom stereocenters. The SMILES string of the molecule is CCC(C)c1ccc(OCC2CCC3OC3C2)cc1. The second-order valence-corrected chi connectivity index (χ2v) is 6.08. The fourth-order valence-corrected chi connectivity index (χ4v) is 2.98. The van der Waals surface area contributed by atoms with E-state index in [1.165, 1.54) is 31.2 Å². The van der Waals surface area contributed by atoms with E-state index in [2.05, 4.69) is 38.1 Å². The number of hydrogen-bond donors (Lipinski definition) is 0. The van der Waals surface area contributed by atoms with Crippen molar-refractivity contribution in [3.05, 3.63) is 29.8 Å². The van der Waals surface area contributed by atoms with Gasteiger partial charge in [0.1, 0.15) is 5.75 Å². The molecule has 0 N–H and O–H groups in total. The lowest BCUT2D eigenvalue weighted by Gasteiger charge is -2.19. The van der Waals surface area contributed by atoms with Crippen molar-refractivity contribution >= 4 is 0 Å². The van der Waals surface area contributed by atoms with Gasteiger partial charge in [0, 0.05) is 0 Å². The zero-order chi connectivity index (χ0) is 13.2. The number of benzene rings is 1. The summed E-state index contributed by atoms with van der Waals surface area (Å²) in [6, 6.07) is 8.62. The van der Waals surface area contributed by atoms with E-state index in [0.29, 0.717) is 24.0 Å². The topological polar surface area (TPSA) is 21.8 Å². The first-order valence-electron chi connectivity index (χ1n) is 7.64. The normalized spacial score (nSPS) is 30.5. The molecule has 0 spiro atoms. The summed E-state index contributed by atoms with van der Waals surface area (Å²) in [4.78, 5) is 0. The molecule has 0 amide bonds.